The molecule has 0 aliphatic rings. The summed E-state index contributed by atoms with van der Waals surface area (Å²) in [7, 11) is 0. The topological polar surface area (TPSA) is 424 Å². The molecule has 12 atom stereocenters. The third-order valence-corrected chi connectivity index (χ3v) is 4.49. The van der Waals surface area contributed by atoms with Crippen LogP contribution in [-0.2, 0) is 36.8 Å². The van der Waals surface area contributed by atoms with E-state index in [-0.39, 0.29) is 22.4 Å². The van der Waals surface area contributed by atoms with Crippen molar-refractivity contribution in [3.8, 4) is 0 Å². The van der Waals surface area contributed by atoms with Crippen molar-refractivity contribution in [3.05, 3.63) is 0 Å². The van der Waals surface area contributed by atoms with Gasteiger partial charge in [0, 0.05) is 0 Å². The van der Waals surface area contributed by atoms with Crippen molar-refractivity contribution in [2.24, 2.45) is 0 Å². The van der Waals surface area contributed by atoms with Gasteiger partial charge in [-0.1, -0.05) is 0 Å². The van der Waals surface area contributed by atoms with E-state index in [1.807, 2.05) is 0 Å². The quantitative estimate of drug-likeness (QED) is 0.0686. The van der Waals surface area contributed by atoms with Crippen LogP contribution in [0.3, 0.4) is 0 Å². The summed E-state index contributed by atoms with van der Waals surface area (Å²) in [6.45, 7) is -2.59. The van der Waals surface area contributed by atoms with Crippen LogP contribution in [0.1, 0.15) is 0 Å². The van der Waals surface area contributed by atoms with Crippen LogP contribution in [0.15, 0.2) is 0 Å². The Balaban J connectivity index is -0.000000240. The van der Waals surface area contributed by atoms with Gasteiger partial charge in [-0.3, -0.25) is 0 Å². The minimum atomic E-state index is -2.31. The van der Waals surface area contributed by atoms with Crippen LogP contribution in [0.2, 0.25) is 0 Å². The first-order valence-corrected chi connectivity index (χ1v) is 10.4. The molecule has 40 heavy (non-hydrogen) atoms. The van der Waals surface area contributed by atoms with Crippen LogP contribution in [-0.4, -0.2) is 188 Å². The summed E-state index contributed by atoms with van der Waals surface area (Å²) in [5.41, 5.74) is 0. The van der Waals surface area contributed by atoms with Crippen molar-refractivity contribution in [3.63, 3.8) is 0 Å². The Kier molecular flexibility index (Phi) is 26.4. The fraction of sp³-hybridized carbons (Fsp3) is 0.833. The molecule has 15 N–H and O–H groups in total. The van der Waals surface area contributed by atoms with E-state index in [4.69, 9.17) is 76.6 Å². The van der Waals surface area contributed by atoms with Gasteiger partial charge in [0.25, 0.3) is 0 Å². The molecule has 0 heterocycles. The monoisotopic (exact) mass is 782 g/mol. The normalized spacial score (nSPS) is 19.9. The number of carboxylic acids is 3. The second-order valence-corrected chi connectivity index (χ2v) is 7.48. The number of aliphatic hydroxyl groups excluding tert-OH is 15. The minimum Gasteiger partial charge on any atom is -0.547 e. The molecule has 0 aromatic carbocycles. The van der Waals surface area contributed by atoms with Crippen molar-refractivity contribution < 1.29 is 129 Å². The SMILES string of the molecule is O=C([O-])[C@H](O)[C@@H](O)[C@H](O)[C@H](O)CO.O=C([O-])[C@H](O)[C@@H](O)[C@H](O)[C@H](O)CO.O=C([O-])[C@H](O)[C@@H](O)[C@H](O)[C@H](O)CO.[Au+3]. The molecule has 0 aromatic rings. The molecule has 21 nitrogen and oxygen atoms in total. The van der Waals surface area contributed by atoms with Gasteiger partial charge in [-0.25, -0.2) is 0 Å². The molecule has 22 heteroatoms. The van der Waals surface area contributed by atoms with Crippen molar-refractivity contribution in [2.45, 2.75) is 73.2 Å². The van der Waals surface area contributed by atoms with Gasteiger partial charge in [-0.15, -0.1) is 0 Å². The van der Waals surface area contributed by atoms with Crippen LogP contribution >= 0.6 is 0 Å². The average molecular weight is 782 g/mol. The molecule has 0 fully saturated rings. The number of rotatable bonds is 15. The molecule has 242 valence electrons. The molecule has 0 saturated heterocycles. The molecule has 0 rings (SSSR count). The third-order valence-electron chi connectivity index (χ3n) is 4.49. The van der Waals surface area contributed by atoms with E-state index in [9.17, 15) is 29.7 Å². The summed E-state index contributed by atoms with van der Waals surface area (Å²) < 4.78 is 0. The van der Waals surface area contributed by atoms with Gasteiger partial charge < -0.3 is 106 Å². The molecule has 0 aliphatic heterocycles. The van der Waals surface area contributed by atoms with Gasteiger partial charge in [0.05, 0.1) is 37.7 Å². The smallest absolute Gasteiger partial charge is 0.547 e. The number of carbonyl (C=O) groups excluding carboxylic acids is 3. The summed E-state index contributed by atoms with van der Waals surface area (Å²) in [4.78, 5) is 29.9. The van der Waals surface area contributed by atoms with Gasteiger partial charge in [0.15, 0.2) is 0 Å². The van der Waals surface area contributed by atoms with Crippen molar-refractivity contribution in [1.29, 1.82) is 0 Å². The molecule has 0 saturated carbocycles. The number of hydrogen-bond acceptors (Lipinski definition) is 21. The maximum Gasteiger partial charge on any atom is 3.00 e. The van der Waals surface area contributed by atoms with Crippen LogP contribution in [0.4, 0.5) is 0 Å². The average Bonchev–Trinajstić information content (AvgIpc) is 2.92. The summed E-state index contributed by atoms with van der Waals surface area (Å²) >= 11 is 0. The number of carboxylic acid groups (broad SMARTS) is 3. The first-order valence-electron chi connectivity index (χ1n) is 10.4. The number of aliphatic carboxylic acids is 3. The van der Waals surface area contributed by atoms with Crippen molar-refractivity contribution >= 4 is 17.9 Å². The van der Waals surface area contributed by atoms with Crippen LogP contribution in [0.5, 0.6) is 0 Å². The summed E-state index contributed by atoms with van der Waals surface area (Å²) in [5.74, 6) is -5.93. The van der Waals surface area contributed by atoms with Gasteiger partial charge in [-0.2, -0.15) is 0 Å². The molecular formula is C18H33AuO21. The first kappa shape index (κ1) is 45.5. The van der Waals surface area contributed by atoms with Gasteiger partial charge in [0.1, 0.15) is 73.2 Å². The zero-order valence-corrected chi connectivity index (χ0v) is 22.2. The van der Waals surface area contributed by atoms with E-state index in [1.165, 1.54) is 0 Å². The maximum absolute atomic E-state index is 9.98. The fourth-order valence-electron chi connectivity index (χ4n) is 1.99. The van der Waals surface area contributed by atoms with E-state index in [0.717, 1.165) is 0 Å². The van der Waals surface area contributed by atoms with Crippen molar-refractivity contribution in [1.82, 2.24) is 0 Å². The largest absolute Gasteiger partial charge is 3.00 e. The standard InChI is InChI=1S/3C6H12O7.Au/c3*7-1-2(8)3(9)4(10)5(11)6(12)13;/h3*2-5,7-11H,1H2,(H,12,13);/q;;;+3/p-3/t3*2-,3-,4+,5-;/m111./s1. The van der Waals surface area contributed by atoms with Crippen LogP contribution in [0.25, 0.3) is 0 Å². The Morgan fingerprint density at radius 1 is 0.400 bits per heavy atom. The zero-order valence-electron chi connectivity index (χ0n) is 20.0. The van der Waals surface area contributed by atoms with Gasteiger partial charge in [-0.05, 0) is 0 Å². The second-order valence-electron chi connectivity index (χ2n) is 7.48. The van der Waals surface area contributed by atoms with E-state index in [1.54, 1.807) is 0 Å². The Morgan fingerprint density at radius 2 is 0.550 bits per heavy atom. The molecule has 0 amide bonds. The van der Waals surface area contributed by atoms with E-state index in [2.05, 4.69) is 0 Å². The molecule has 0 bridgehead atoms. The molecule has 0 spiro atoms. The van der Waals surface area contributed by atoms with E-state index >= 15 is 0 Å². The fourth-order valence-corrected chi connectivity index (χ4v) is 1.99. The number of carbonyl (C=O) groups is 3. The predicted molar refractivity (Wildman–Crippen MR) is 108 cm³/mol. The minimum absolute atomic E-state index is 0. The summed E-state index contributed by atoms with van der Waals surface area (Å²) in [6.07, 6.45) is -24.2. The number of hydrogen-bond donors (Lipinski definition) is 15. The Bertz CT molecular complexity index is 608. The van der Waals surface area contributed by atoms with Gasteiger partial charge in [0.2, 0.25) is 0 Å². The molecule has 0 radical (unpaired) electrons. The van der Waals surface area contributed by atoms with E-state index in [0.29, 0.717) is 0 Å². The van der Waals surface area contributed by atoms with Crippen LogP contribution in [0, 0.1) is 0 Å². The Hall–Kier alpha value is -1.45. The Labute approximate surface area is 239 Å². The van der Waals surface area contributed by atoms with Crippen LogP contribution < -0.4 is 15.3 Å². The zero-order chi connectivity index (χ0) is 31.8. The molecular weight excluding hydrogens is 749 g/mol. The molecule has 0 aromatic heterocycles. The third kappa shape index (κ3) is 16.7. The first-order chi connectivity index (χ1) is 17.7. The molecule has 0 aliphatic carbocycles. The van der Waals surface area contributed by atoms with Crippen molar-refractivity contribution in [2.75, 3.05) is 19.8 Å². The number of aliphatic hydroxyl groups is 15. The van der Waals surface area contributed by atoms with E-state index < -0.39 is 111 Å². The van der Waals surface area contributed by atoms with Gasteiger partial charge >= 0.3 is 22.4 Å². The second kappa shape index (κ2) is 23.1. The maximum atomic E-state index is 9.98. The summed E-state index contributed by atoms with van der Waals surface area (Å²) in [5, 5.41) is 160. The Morgan fingerprint density at radius 3 is 0.650 bits per heavy atom. The summed E-state index contributed by atoms with van der Waals surface area (Å²) in [6, 6.07) is 0. The predicted octanol–water partition coefficient (Wildman–Crippen LogP) is -14.5. The molecule has 0 unspecified atom stereocenters.